The van der Waals surface area contributed by atoms with Crippen LogP contribution in [-0.2, 0) is 16.0 Å². The summed E-state index contributed by atoms with van der Waals surface area (Å²) in [7, 11) is 1.46. The Bertz CT molecular complexity index is 424. The molecule has 0 amide bonds. The number of pyridine rings is 1. The average Bonchev–Trinajstić information content (AvgIpc) is 2.28. The van der Waals surface area contributed by atoms with Crippen molar-refractivity contribution in [3.05, 3.63) is 23.4 Å². The van der Waals surface area contributed by atoms with E-state index in [0.717, 1.165) is 0 Å². The van der Waals surface area contributed by atoms with Crippen molar-refractivity contribution in [1.82, 2.24) is 4.98 Å². The standard InChI is InChI=1S/C11H12N2O3/c1-3-16-11(14)6-8-4-9(7-12)13-10(5-8)15-2/h4-5H,3,6H2,1-2H3. The molecule has 0 aromatic carbocycles. The molecule has 0 fully saturated rings. The van der Waals surface area contributed by atoms with Crippen LogP contribution in [0.5, 0.6) is 5.88 Å². The Kier molecular flexibility index (Phi) is 4.28. The molecular formula is C11H12N2O3. The van der Waals surface area contributed by atoms with E-state index in [-0.39, 0.29) is 18.1 Å². The van der Waals surface area contributed by atoms with Crippen molar-refractivity contribution in [3.63, 3.8) is 0 Å². The van der Waals surface area contributed by atoms with E-state index in [4.69, 9.17) is 14.7 Å². The van der Waals surface area contributed by atoms with E-state index in [9.17, 15) is 4.79 Å². The predicted octanol–water partition coefficient (Wildman–Crippen LogP) is 1.07. The van der Waals surface area contributed by atoms with Gasteiger partial charge in [0.25, 0.3) is 0 Å². The molecule has 0 atom stereocenters. The highest BCUT2D eigenvalue weighted by Gasteiger charge is 2.08. The number of carbonyl (C=O) groups is 1. The van der Waals surface area contributed by atoms with Crippen LogP contribution in [0, 0.1) is 11.3 Å². The minimum absolute atomic E-state index is 0.112. The maximum absolute atomic E-state index is 11.2. The molecule has 5 heteroatoms. The van der Waals surface area contributed by atoms with Crippen LogP contribution in [0.15, 0.2) is 12.1 Å². The third-order valence-electron chi connectivity index (χ3n) is 1.84. The van der Waals surface area contributed by atoms with E-state index in [0.29, 0.717) is 18.1 Å². The molecule has 1 rings (SSSR count). The van der Waals surface area contributed by atoms with Crippen molar-refractivity contribution < 1.29 is 14.3 Å². The Morgan fingerprint density at radius 2 is 2.31 bits per heavy atom. The predicted molar refractivity (Wildman–Crippen MR) is 55.8 cm³/mol. The number of carbonyl (C=O) groups excluding carboxylic acids is 1. The molecule has 0 aliphatic heterocycles. The SMILES string of the molecule is CCOC(=O)Cc1cc(C#N)nc(OC)c1. The van der Waals surface area contributed by atoms with Crippen molar-refractivity contribution in [2.75, 3.05) is 13.7 Å². The highest BCUT2D eigenvalue weighted by Crippen LogP contribution is 2.12. The molecule has 1 aromatic heterocycles. The van der Waals surface area contributed by atoms with Gasteiger partial charge < -0.3 is 9.47 Å². The molecule has 0 aliphatic carbocycles. The maximum Gasteiger partial charge on any atom is 0.310 e. The number of nitriles is 1. The van der Waals surface area contributed by atoms with Gasteiger partial charge >= 0.3 is 5.97 Å². The number of hydrogen-bond donors (Lipinski definition) is 0. The van der Waals surface area contributed by atoms with E-state index in [1.165, 1.54) is 7.11 Å². The van der Waals surface area contributed by atoms with Crippen LogP contribution in [0.2, 0.25) is 0 Å². The lowest BCUT2D eigenvalue weighted by atomic mass is 10.1. The molecule has 0 aliphatic rings. The summed E-state index contributed by atoms with van der Waals surface area (Å²) in [4.78, 5) is 15.1. The van der Waals surface area contributed by atoms with Gasteiger partial charge in [-0.15, -0.1) is 0 Å². The molecule has 16 heavy (non-hydrogen) atoms. The van der Waals surface area contributed by atoms with Crippen molar-refractivity contribution >= 4 is 5.97 Å². The first kappa shape index (κ1) is 12.0. The number of ether oxygens (including phenoxy) is 2. The zero-order valence-corrected chi connectivity index (χ0v) is 9.19. The lowest BCUT2D eigenvalue weighted by molar-refractivity contribution is -0.142. The number of esters is 1. The van der Waals surface area contributed by atoms with Crippen molar-refractivity contribution in [2.45, 2.75) is 13.3 Å². The van der Waals surface area contributed by atoms with Crippen LogP contribution in [0.3, 0.4) is 0 Å². The zero-order valence-electron chi connectivity index (χ0n) is 9.19. The minimum atomic E-state index is -0.334. The van der Waals surface area contributed by atoms with Crippen LogP contribution < -0.4 is 4.74 Å². The highest BCUT2D eigenvalue weighted by molar-refractivity contribution is 5.72. The molecular weight excluding hydrogens is 208 g/mol. The fourth-order valence-corrected chi connectivity index (χ4v) is 1.20. The van der Waals surface area contributed by atoms with Crippen LogP contribution >= 0.6 is 0 Å². The van der Waals surface area contributed by atoms with E-state index >= 15 is 0 Å². The monoisotopic (exact) mass is 220 g/mol. The molecule has 0 saturated heterocycles. The second-order valence-corrected chi connectivity index (χ2v) is 3.00. The lowest BCUT2D eigenvalue weighted by Crippen LogP contribution is -2.08. The quantitative estimate of drug-likeness (QED) is 0.709. The van der Waals surface area contributed by atoms with Crippen LogP contribution in [0.25, 0.3) is 0 Å². The van der Waals surface area contributed by atoms with Gasteiger partial charge in [0.05, 0.1) is 20.1 Å². The first-order valence-electron chi connectivity index (χ1n) is 4.80. The maximum atomic E-state index is 11.2. The molecule has 0 saturated carbocycles. The summed E-state index contributed by atoms with van der Waals surface area (Å²) in [5.74, 6) is -0.0157. The summed E-state index contributed by atoms with van der Waals surface area (Å²) in [6, 6.07) is 5.05. The number of hydrogen-bond acceptors (Lipinski definition) is 5. The van der Waals surface area contributed by atoms with E-state index < -0.39 is 0 Å². The molecule has 0 unspecified atom stereocenters. The van der Waals surface area contributed by atoms with E-state index in [2.05, 4.69) is 4.98 Å². The summed E-state index contributed by atoms with van der Waals surface area (Å²) >= 11 is 0. The average molecular weight is 220 g/mol. The Morgan fingerprint density at radius 1 is 1.56 bits per heavy atom. The van der Waals surface area contributed by atoms with Gasteiger partial charge in [0, 0.05) is 6.07 Å². The Hall–Kier alpha value is -2.09. The van der Waals surface area contributed by atoms with Crippen LogP contribution in [0.1, 0.15) is 18.2 Å². The highest BCUT2D eigenvalue weighted by atomic mass is 16.5. The van der Waals surface area contributed by atoms with Gasteiger partial charge in [-0.3, -0.25) is 4.79 Å². The second-order valence-electron chi connectivity index (χ2n) is 3.00. The summed E-state index contributed by atoms with van der Waals surface area (Å²) in [5.41, 5.74) is 0.875. The summed E-state index contributed by atoms with van der Waals surface area (Å²) < 4.78 is 9.73. The molecule has 0 radical (unpaired) electrons. The van der Waals surface area contributed by atoms with Crippen molar-refractivity contribution in [2.24, 2.45) is 0 Å². The molecule has 0 N–H and O–H groups in total. The van der Waals surface area contributed by atoms with Crippen LogP contribution in [-0.4, -0.2) is 24.7 Å². The van der Waals surface area contributed by atoms with Crippen molar-refractivity contribution in [3.8, 4) is 11.9 Å². The molecule has 1 aromatic rings. The second kappa shape index (κ2) is 5.71. The minimum Gasteiger partial charge on any atom is -0.481 e. The van der Waals surface area contributed by atoms with Gasteiger partial charge in [-0.05, 0) is 18.6 Å². The zero-order chi connectivity index (χ0) is 12.0. The number of rotatable bonds is 4. The number of methoxy groups -OCH3 is 1. The molecule has 84 valence electrons. The molecule has 0 bridgehead atoms. The first-order chi connectivity index (χ1) is 7.69. The number of aromatic nitrogens is 1. The fourth-order valence-electron chi connectivity index (χ4n) is 1.20. The van der Waals surface area contributed by atoms with Crippen molar-refractivity contribution in [1.29, 1.82) is 5.26 Å². The Labute approximate surface area is 93.6 Å². The third-order valence-corrected chi connectivity index (χ3v) is 1.84. The van der Waals surface area contributed by atoms with Gasteiger partial charge in [0.15, 0.2) is 0 Å². The Morgan fingerprint density at radius 3 is 2.88 bits per heavy atom. The fraction of sp³-hybridized carbons (Fsp3) is 0.364. The van der Waals surface area contributed by atoms with Gasteiger partial charge in [0.2, 0.25) is 5.88 Å². The molecule has 1 heterocycles. The topological polar surface area (TPSA) is 72.2 Å². The van der Waals surface area contributed by atoms with Gasteiger partial charge in [-0.25, -0.2) is 4.98 Å². The normalized spacial score (nSPS) is 9.31. The summed E-state index contributed by atoms with van der Waals surface area (Å²) in [6.07, 6.45) is 0.112. The summed E-state index contributed by atoms with van der Waals surface area (Å²) in [6.45, 7) is 2.08. The third kappa shape index (κ3) is 3.24. The smallest absolute Gasteiger partial charge is 0.310 e. The lowest BCUT2D eigenvalue weighted by Gasteiger charge is -2.04. The molecule has 0 spiro atoms. The van der Waals surface area contributed by atoms with Gasteiger partial charge in [0.1, 0.15) is 11.8 Å². The van der Waals surface area contributed by atoms with E-state index in [1.54, 1.807) is 19.1 Å². The van der Waals surface area contributed by atoms with Gasteiger partial charge in [-0.1, -0.05) is 0 Å². The number of nitrogens with zero attached hydrogens (tertiary/aromatic N) is 2. The largest absolute Gasteiger partial charge is 0.481 e. The Balaban J connectivity index is 2.87. The van der Waals surface area contributed by atoms with E-state index in [1.807, 2.05) is 6.07 Å². The van der Waals surface area contributed by atoms with Crippen LogP contribution in [0.4, 0.5) is 0 Å². The molecule has 5 nitrogen and oxygen atoms in total. The summed E-state index contributed by atoms with van der Waals surface area (Å²) in [5, 5.41) is 8.74. The van der Waals surface area contributed by atoms with Gasteiger partial charge in [-0.2, -0.15) is 5.26 Å². The first-order valence-corrected chi connectivity index (χ1v) is 4.80.